The van der Waals surface area contributed by atoms with Crippen molar-refractivity contribution in [2.24, 2.45) is 0 Å². The molecule has 0 spiro atoms. The first kappa shape index (κ1) is 10.2. The number of aromatic nitrogens is 1. The van der Waals surface area contributed by atoms with E-state index in [0.29, 0.717) is 0 Å². The van der Waals surface area contributed by atoms with Gasteiger partial charge in [-0.3, -0.25) is 9.36 Å². The fraction of sp³-hybridized carbons (Fsp3) is 0.0833. The first-order valence-electron chi connectivity index (χ1n) is 4.62. The molecule has 0 fully saturated rings. The van der Waals surface area contributed by atoms with Gasteiger partial charge in [-0.2, -0.15) is 0 Å². The van der Waals surface area contributed by atoms with E-state index in [1.165, 1.54) is 0 Å². The van der Waals surface area contributed by atoms with Gasteiger partial charge in [-0.05, 0) is 36.8 Å². The lowest BCUT2D eigenvalue weighted by molar-refractivity contribution is 0.976. The molecule has 2 aromatic rings. The van der Waals surface area contributed by atoms with Crippen LogP contribution in [0.3, 0.4) is 0 Å². The summed E-state index contributed by atoms with van der Waals surface area (Å²) in [7, 11) is 0. The summed E-state index contributed by atoms with van der Waals surface area (Å²) in [6.07, 6.45) is 1.84. The van der Waals surface area contributed by atoms with E-state index >= 15 is 0 Å². The molecular formula is C12H10BrNO. The molecule has 0 bridgehead atoms. The lowest BCUT2D eigenvalue weighted by atomic mass is 10.3. The third-order valence-corrected chi connectivity index (χ3v) is 2.69. The normalized spacial score (nSPS) is 10.3. The second-order valence-electron chi connectivity index (χ2n) is 3.39. The molecule has 0 aliphatic rings. The third kappa shape index (κ3) is 2.18. The second kappa shape index (κ2) is 4.03. The fourth-order valence-electron chi connectivity index (χ4n) is 1.40. The van der Waals surface area contributed by atoms with Crippen LogP contribution in [0.15, 0.2) is 51.9 Å². The number of hydrogen-bond donors (Lipinski definition) is 0. The van der Waals surface area contributed by atoms with Crippen LogP contribution >= 0.6 is 15.9 Å². The number of halogens is 1. The number of aryl methyl sites for hydroxylation is 1. The zero-order valence-electron chi connectivity index (χ0n) is 8.27. The van der Waals surface area contributed by atoms with Crippen molar-refractivity contribution in [2.75, 3.05) is 0 Å². The first-order valence-corrected chi connectivity index (χ1v) is 5.41. The molecule has 0 saturated carbocycles. The summed E-state index contributed by atoms with van der Waals surface area (Å²) in [5, 5.41) is 0. The maximum Gasteiger partial charge on any atom is 0.255 e. The highest BCUT2D eigenvalue weighted by Crippen LogP contribution is 2.12. The van der Waals surface area contributed by atoms with Crippen LogP contribution < -0.4 is 5.56 Å². The predicted octanol–water partition coefficient (Wildman–Crippen LogP) is 2.91. The lowest BCUT2D eigenvalue weighted by Crippen LogP contribution is -2.16. The summed E-state index contributed by atoms with van der Waals surface area (Å²) in [6, 6.07) is 11.1. The standard InChI is InChI=1S/C12H10BrNO/c1-9-2-7-12(15)14(8-9)11-5-3-10(13)4-6-11/h2-8H,1H3. The van der Waals surface area contributed by atoms with Gasteiger partial charge in [-0.15, -0.1) is 0 Å². The molecule has 2 nitrogen and oxygen atoms in total. The molecule has 0 unspecified atom stereocenters. The third-order valence-electron chi connectivity index (χ3n) is 2.16. The molecule has 15 heavy (non-hydrogen) atoms. The Morgan fingerprint density at radius 2 is 1.73 bits per heavy atom. The van der Waals surface area contributed by atoms with E-state index in [2.05, 4.69) is 15.9 Å². The highest BCUT2D eigenvalue weighted by Gasteiger charge is 1.98. The SMILES string of the molecule is Cc1ccc(=O)n(-c2ccc(Br)cc2)c1. The Bertz CT molecular complexity index is 528. The van der Waals surface area contributed by atoms with Crippen LogP contribution in [0.25, 0.3) is 5.69 Å². The first-order chi connectivity index (χ1) is 7.16. The van der Waals surface area contributed by atoms with Crippen molar-refractivity contribution in [1.29, 1.82) is 0 Å². The Morgan fingerprint density at radius 3 is 2.40 bits per heavy atom. The van der Waals surface area contributed by atoms with Crippen molar-refractivity contribution >= 4 is 15.9 Å². The summed E-state index contributed by atoms with van der Waals surface area (Å²) in [5.74, 6) is 0. The Morgan fingerprint density at radius 1 is 1.07 bits per heavy atom. The smallest absolute Gasteiger partial charge is 0.255 e. The van der Waals surface area contributed by atoms with Gasteiger partial charge in [0.1, 0.15) is 0 Å². The molecule has 1 aromatic carbocycles. The zero-order valence-corrected chi connectivity index (χ0v) is 9.86. The summed E-state index contributed by atoms with van der Waals surface area (Å²) < 4.78 is 2.65. The predicted molar refractivity (Wildman–Crippen MR) is 64.5 cm³/mol. The van der Waals surface area contributed by atoms with Gasteiger partial charge in [0.2, 0.25) is 0 Å². The van der Waals surface area contributed by atoms with E-state index in [0.717, 1.165) is 15.7 Å². The summed E-state index contributed by atoms with van der Waals surface area (Å²) in [4.78, 5) is 11.6. The van der Waals surface area contributed by atoms with Crippen LogP contribution in [0.2, 0.25) is 0 Å². The highest BCUT2D eigenvalue weighted by molar-refractivity contribution is 9.10. The minimum absolute atomic E-state index is 0.0112. The van der Waals surface area contributed by atoms with Crippen molar-refractivity contribution in [3.05, 3.63) is 63.0 Å². The minimum Gasteiger partial charge on any atom is -0.284 e. The maximum atomic E-state index is 11.6. The van der Waals surface area contributed by atoms with E-state index < -0.39 is 0 Å². The number of nitrogens with zero attached hydrogens (tertiary/aromatic N) is 1. The van der Waals surface area contributed by atoms with Crippen molar-refractivity contribution in [1.82, 2.24) is 4.57 Å². The van der Waals surface area contributed by atoms with Gasteiger partial charge in [-0.1, -0.05) is 22.0 Å². The van der Waals surface area contributed by atoms with Crippen LogP contribution in [0.5, 0.6) is 0 Å². The number of rotatable bonds is 1. The molecule has 0 saturated heterocycles. The number of pyridine rings is 1. The molecule has 0 aliphatic heterocycles. The monoisotopic (exact) mass is 263 g/mol. The number of hydrogen-bond acceptors (Lipinski definition) is 1. The Hall–Kier alpha value is -1.35. The Balaban J connectivity index is 2.58. The van der Waals surface area contributed by atoms with Gasteiger partial charge < -0.3 is 0 Å². The van der Waals surface area contributed by atoms with Crippen LogP contribution in [0, 0.1) is 6.92 Å². The van der Waals surface area contributed by atoms with Crippen molar-refractivity contribution in [3.63, 3.8) is 0 Å². The minimum atomic E-state index is -0.0112. The summed E-state index contributed by atoms with van der Waals surface area (Å²) in [6.45, 7) is 1.97. The summed E-state index contributed by atoms with van der Waals surface area (Å²) >= 11 is 3.36. The average Bonchev–Trinajstić information content (AvgIpc) is 2.23. The van der Waals surface area contributed by atoms with E-state index in [1.807, 2.05) is 43.5 Å². The Labute approximate surface area is 96.3 Å². The zero-order chi connectivity index (χ0) is 10.8. The van der Waals surface area contributed by atoms with Gasteiger partial charge in [0.15, 0.2) is 0 Å². The largest absolute Gasteiger partial charge is 0.284 e. The van der Waals surface area contributed by atoms with Gasteiger partial charge in [0.25, 0.3) is 5.56 Å². The molecule has 0 N–H and O–H groups in total. The van der Waals surface area contributed by atoms with Crippen molar-refractivity contribution in [3.8, 4) is 5.69 Å². The molecule has 76 valence electrons. The lowest BCUT2D eigenvalue weighted by Gasteiger charge is -2.06. The molecule has 2 rings (SSSR count). The molecular weight excluding hydrogens is 254 g/mol. The molecule has 0 aliphatic carbocycles. The van der Waals surface area contributed by atoms with E-state index in [9.17, 15) is 4.79 Å². The molecule has 0 atom stereocenters. The highest BCUT2D eigenvalue weighted by atomic mass is 79.9. The number of benzene rings is 1. The van der Waals surface area contributed by atoms with E-state index in [-0.39, 0.29) is 5.56 Å². The van der Waals surface area contributed by atoms with Crippen LogP contribution in [-0.2, 0) is 0 Å². The van der Waals surface area contributed by atoms with Crippen molar-refractivity contribution in [2.45, 2.75) is 6.92 Å². The van der Waals surface area contributed by atoms with Gasteiger partial charge in [-0.25, -0.2) is 0 Å². The quantitative estimate of drug-likeness (QED) is 0.776. The second-order valence-corrected chi connectivity index (χ2v) is 4.31. The average molecular weight is 264 g/mol. The molecule has 1 heterocycles. The topological polar surface area (TPSA) is 22.0 Å². The molecule has 1 aromatic heterocycles. The molecule has 3 heteroatoms. The Kier molecular flexibility index (Phi) is 2.73. The van der Waals surface area contributed by atoms with Crippen molar-refractivity contribution < 1.29 is 0 Å². The molecule has 0 radical (unpaired) electrons. The van der Waals surface area contributed by atoms with E-state index in [1.54, 1.807) is 10.6 Å². The molecule has 0 amide bonds. The fourth-order valence-corrected chi connectivity index (χ4v) is 1.66. The van der Waals surface area contributed by atoms with Crippen LogP contribution in [0.4, 0.5) is 0 Å². The summed E-state index contributed by atoms with van der Waals surface area (Å²) in [5.41, 5.74) is 1.94. The van der Waals surface area contributed by atoms with Gasteiger partial charge in [0.05, 0.1) is 0 Å². The van der Waals surface area contributed by atoms with Gasteiger partial charge >= 0.3 is 0 Å². The van der Waals surface area contributed by atoms with Gasteiger partial charge in [0, 0.05) is 22.4 Å². The maximum absolute atomic E-state index is 11.6. The van der Waals surface area contributed by atoms with Crippen LogP contribution in [-0.4, -0.2) is 4.57 Å². The van der Waals surface area contributed by atoms with E-state index in [4.69, 9.17) is 0 Å². The van der Waals surface area contributed by atoms with Crippen LogP contribution in [0.1, 0.15) is 5.56 Å².